The summed E-state index contributed by atoms with van der Waals surface area (Å²) in [5.74, 6) is 1.39. The third-order valence-corrected chi connectivity index (χ3v) is 5.67. The van der Waals surface area contributed by atoms with Crippen LogP contribution in [-0.4, -0.2) is 52.0 Å². The lowest BCUT2D eigenvalue weighted by Gasteiger charge is -2.23. The van der Waals surface area contributed by atoms with Gasteiger partial charge in [0, 0.05) is 13.1 Å². The van der Waals surface area contributed by atoms with Crippen molar-refractivity contribution in [2.24, 2.45) is 0 Å². The van der Waals surface area contributed by atoms with E-state index >= 15 is 0 Å². The first kappa shape index (κ1) is 22.4. The summed E-state index contributed by atoms with van der Waals surface area (Å²) in [4.78, 5) is 14.4. The molecule has 28 heavy (non-hydrogen) atoms. The van der Waals surface area contributed by atoms with Gasteiger partial charge in [0.05, 0.1) is 11.8 Å². The first-order valence-corrected chi connectivity index (χ1v) is 11.1. The summed E-state index contributed by atoms with van der Waals surface area (Å²) < 4.78 is 2.19. The third kappa shape index (κ3) is 6.63. The molecule has 1 atom stereocenters. The molecule has 1 N–H and O–H groups in total. The van der Waals surface area contributed by atoms with Gasteiger partial charge in [0.2, 0.25) is 5.91 Å². The molecule has 7 heteroatoms. The number of rotatable bonds is 12. The second-order valence-corrected chi connectivity index (χ2v) is 8.05. The zero-order valence-electron chi connectivity index (χ0n) is 17.5. The average Bonchev–Trinajstić information content (AvgIpc) is 3.08. The lowest BCUT2D eigenvalue weighted by Crippen LogP contribution is -2.27. The van der Waals surface area contributed by atoms with Gasteiger partial charge in [-0.25, -0.2) is 0 Å². The van der Waals surface area contributed by atoms with E-state index in [2.05, 4.69) is 65.1 Å². The molecule has 1 heterocycles. The van der Waals surface area contributed by atoms with Crippen molar-refractivity contribution in [3.05, 3.63) is 41.7 Å². The SMILES string of the molecule is CCCCn1c(SCC(=O)NCCc2ccccc2)nnc1[C@@H](CC)N(C)C. The van der Waals surface area contributed by atoms with E-state index in [1.165, 1.54) is 17.3 Å². The number of hydrogen-bond acceptors (Lipinski definition) is 5. The van der Waals surface area contributed by atoms with Crippen LogP contribution in [0, 0.1) is 0 Å². The molecule has 0 aliphatic carbocycles. The highest BCUT2D eigenvalue weighted by molar-refractivity contribution is 7.99. The van der Waals surface area contributed by atoms with E-state index in [-0.39, 0.29) is 11.9 Å². The smallest absolute Gasteiger partial charge is 0.230 e. The molecule has 6 nitrogen and oxygen atoms in total. The molecule has 0 aliphatic heterocycles. The Morgan fingerprint density at radius 2 is 1.96 bits per heavy atom. The Hall–Kier alpha value is -1.86. The molecular weight excluding hydrogens is 370 g/mol. The minimum absolute atomic E-state index is 0.0344. The predicted octanol–water partition coefficient (Wildman–Crippen LogP) is 3.54. The van der Waals surface area contributed by atoms with Gasteiger partial charge in [-0.15, -0.1) is 10.2 Å². The van der Waals surface area contributed by atoms with E-state index < -0.39 is 0 Å². The first-order chi connectivity index (χ1) is 13.6. The van der Waals surface area contributed by atoms with Crippen LogP contribution in [0.3, 0.4) is 0 Å². The maximum absolute atomic E-state index is 12.2. The molecule has 0 saturated heterocycles. The number of carbonyl (C=O) groups excluding carboxylic acids is 1. The highest BCUT2D eigenvalue weighted by atomic mass is 32.2. The van der Waals surface area contributed by atoms with E-state index in [1.54, 1.807) is 0 Å². The van der Waals surface area contributed by atoms with Crippen LogP contribution in [0.25, 0.3) is 0 Å². The molecule has 0 spiro atoms. The predicted molar refractivity (Wildman–Crippen MR) is 116 cm³/mol. The minimum atomic E-state index is 0.0344. The summed E-state index contributed by atoms with van der Waals surface area (Å²) in [6, 6.07) is 10.4. The Kier molecular flexibility index (Phi) is 9.50. The summed E-state index contributed by atoms with van der Waals surface area (Å²) in [5, 5.41) is 12.7. The van der Waals surface area contributed by atoms with Crippen molar-refractivity contribution < 1.29 is 4.79 Å². The van der Waals surface area contributed by atoms with Gasteiger partial charge >= 0.3 is 0 Å². The number of nitrogens with zero attached hydrogens (tertiary/aromatic N) is 4. The van der Waals surface area contributed by atoms with Crippen molar-refractivity contribution in [2.75, 3.05) is 26.4 Å². The van der Waals surface area contributed by atoms with Gasteiger partial charge in [-0.05, 0) is 38.9 Å². The lowest BCUT2D eigenvalue weighted by molar-refractivity contribution is -0.118. The molecule has 2 aromatic rings. The molecule has 1 aromatic carbocycles. The molecule has 0 radical (unpaired) electrons. The van der Waals surface area contributed by atoms with Gasteiger partial charge in [0.15, 0.2) is 11.0 Å². The minimum Gasteiger partial charge on any atom is -0.355 e. The Morgan fingerprint density at radius 1 is 1.21 bits per heavy atom. The largest absolute Gasteiger partial charge is 0.355 e. The molecule has 0 fully saturated rings. The van der Waals surface area contributed by atoms with Crippen LogP contribution in [0.15, 0.2) is 35.5 Å². The second kappa shape index (κ2) is 11.9. The van der Waals surface area contributed by atoms with E-state index in [0.29, 0.717) is 12.3 Å². The highest BCUT2D eigenvalue weighted by Gasteiger charge is 2.22. The average molecular weight is 404 g/mol. The maximum Gasteiger partial charge on any atom is 0.230 e. The fourth-order valence-corrected chi connectivity index (χ4v) is 3.93. The third-order valence-electron chi connectivity index (χ3n) is 4.70. The van der Waals surface area contributed by atoms with E-state index in [0.717, 1.165) is 43.2 Å². The number of hydrogen-bond donors (Lipinski definition) is 1. The van der Waals surface area contributed by atoms with Gasteiger partial charge in [0.1, 0.15) is 0 Å². The van der Waals surface area contributed by atoms with Crippen LogP contribution >= 0.6 is 11.8 Å². The number of benzene rings is 1. The Labute approximate surface area is 173 Å². The fraction of sp³-hybridized carbons (Fsp3) is 0.571. The Morgan fingerprint density at radius 3 is 2.61 bits per heavy atom. The summed E-state index contributed by atoms with van der Waals surface area (Å²) >= 11 is 1.47. The quantitative estimate of drug-likeness (QED) is 0.549. The van der Waals surface area contributed by atoms with Gasteiger partial charge in [-0.1, -0.05) is 62.4 Å². The molecule has 0 saturated carbocycles. The number of thioether (sulfide) groups is 1. The standard InChI is InChI=1S/C21H33N5OS/c1-5-7-15-26-20(18(6-2)25(3)4)23-24-21(26)28-16-19(27)22-14-13-17-11-9-8-10-12-17/h8-12,18H,5-7,13-16H2,1-4H3,(H,22,27)/t18-/m1/s1. The fourth-order valence-electron chi connectivity index (χ4n) is 3.13. The number of carbonyl (C=O) groups is 1. The molecule has 2 rings (SSSR count). The van der Waals surface area contributed by atoms with Crippen LogP contribution in [0.4, 0.5) is 0 Å². The molecule has 0 bridgehead atoms. The monoisotopic (exact) mass is 403 g/mol. The van der Waals surface area contributed by atoms with Crippen molar-refractivity contribution in [3.63, 3.8) is 0 Å². The zero-order valence-corrected chi connectivity index (χ0v) is 18.3. The summed E-state index contributed by atoms with van der Waals surface area (Å²) in [7, 11) is 4.14. The van der Waals surface area contributed by atoms with Crippen molar-refractivity contribution in [1.29, 1.82) is 0 Å². The van der Waals surface area contributed by atoms with Crippen molar-refractivity contribution in [2.45, 2.75) is 57.3 Å². The molecule has 1 amide bonds. The Bertz CT molecular complexity index is 717. The zero-order chi connectivity index (χ0) is 20.4. The number of aromatic nitrogens is 3. The topological polar surface area (TPSA) is 63.1 Å². The van der Waals surface area contributed by atoms with E-state index in [9.17, 15) is 4.79 Å². The van der Waals surface area contributed by atoms with Crippen LogP contribution in [0.5, 0.6) is 0 Å². The number of nitrogens with one attached hydrogen (secondary N) is 1. The van der Waals surface area contributed by atoms with Gasteiger partial charge in [-0.2, -0.15) is 0 Å². The van der Waals surface area contributed by atoms with Crippen LogP contribution in [0.2, 0.25) is 0 Å². The molecule has 154 valence electrons. The van der Waals surface area contributed by atoms with E-state index in [1.807, 2.05) is 18.2 Å². The van der Waals surface area contributed by atoms with Crippen LogP contribution < -0.4 is 5.32 Å². The maximum atomic E-state index is 12.2. The lowest BCUT2D eigenvalue weighted by atomic mass is 10.1. The number of amides is 1. The van der Waals surface area contributed by atoms with Crippen LogP contribution in [-0.2, 0) is 17.8 Å². The molecule has 0 aliphatic rings. The first-order valence-electron chi connectivity index (χ1n) is 10.1. The Balaban J connectivity index is 1.92. The summed E-state index contributed by atoms with van der Waals surface area (Å²) in [6.07, 6.45) is 4.00. The van der Waals surface area contributed by atoms with Gasteiger partial charge in [0.25, 0.3) is 0 Å². The van der Waals surface area contributed by atoms with Crippen molar-refractivity contribution in [3.8, 4) is 0 Å². The van der Waals surface area contributed by atoms with Crippen molar-refractivity contribution in [1.82, 2.24) is 25.0 Å². The summed E-state index contributed by atoms with van der Waals surface area (Å²) in [5.41, 5.74) is 1.23. The van der Waals surface area contributed by atoms with E-state index in [4.69, 9.17) is 0 Å². The molecule has 0 unspecified atom stereocenters. The van der Waals surface area contributed by atoms with Crippen LogP contribution in [0.1, 0.15) is 50.5 Å². The van der Waals surface area contributed by atoms with Gasteiger partial charge in [-0.3, -0.25) is 9.69 Å². The number of unbranched alkanes of at least 4 members (excludes halogenated alkanes) is 1. The normalized spacial score (nSPS) is 12.3. The molecule has 1 aromatic heterocycles. The summed E-state index contributed by atoms with van der Waals surface area (Å²) in [6.45, 7) is 5.88. The highest BCUT2D eigenvalue weighted by Crippen LogP contribution is 2.25. The second-order valence-electron chi connectivity index (χ2n) is 7.11. The molecular formula is C21H33N5OS. The van der Waals surface area contributed by atoms with Gasteiger partial charge < -0.3 is 9.88 Å². The van der Waals surface area contributed by atoms with Crippen molar-refractivity contribution >= 4 is 17.7 Å².